The van der Waals surface area contributed by atoms with Gasteiger partial charge in [-0.05, 0) is 37.1 Å². The minimum absolute atomic E-state index is 0.0714. The summed E-state index contributed by atoms with van der Waals surface area (Å²) in [6.07, 6.45) is -0.0714. The molecule has 2 aromatic carbocycles. The van der Waals surface area contributed by atoms with Crippen molar-refractivity contribution in [2.75, 3.05) is 5.32 Å². The second-order valence-electron chi connectivity index (χ2n) is 5.49. The third-order valence-electron chi connectivity index (χ3n) is 3.40. The number of para-hydroxylation sites is 1. The summed E-state index contributed by atoms with van der Waals surface area (Å²) in [6, 6.07) is 13.1. The number of benzene rings is 2. The van der Waals surface area contributed by atoms with Crippen LogP contribution in [0.15, 0.2) is 47.6 Å². The van der Waals surface area contributed by atoms with Gasteiger partial charge in [0.15, 0.2) is 0 Å². The number of oxime groups is 1. The lowest BCUT2D eigenvalue weighted by molar-refractivity contribution is -0.115. The van der Waals surface area contributed by atoms with Crippen LogP contribution in [0.1, 0.15) is 23.1 Å². The molecule has 0 saturated carbocycles. The predicted octanol–water partition coefficient (Wildman–Crippen LogP) is 3.77. The van der Waals surface area contributed by atoms with E-state index in [-0.39, 0.29) is 18.2 Å². The van der Waals surface area contributed by atoms with E-state index in [4.69, 9.17) is 22.2 Å². The molecule has 6 heteroatoms. The summed E-state index contributed by atoms with van der Waals surface area (Å²) in [5, 5.41) is 6.94. The zero-order chi connectivity index (χ0) is 17.5. The first-order valence-electron chi connectivity index (χ1n) is 7.50. The van der Waals surface area contributed by atoms with E-state index in [2.05, 4.69) is 10.5 Å². The van der Waals surface area contributed by atoms with E-state index >= 15 is 0 Å². The number of carbonyl (C=O) groups excluding carboxylic acids is 1. The van der Waals surface area contributed by atoms with E-state index in [9.17, 15) is 4.79 Å². The Morgan fingerprint density at radius 2 is 2.00 bits per heavy atom. The van der Waals surface area contributed by atoms with Crippen molar-refractivity contribution in [3.63, 3.8) is 0 Å². The molecular weight excluding hydrogens is 326 g/mol. The Morgan fingerprint density at radius 3 is 2.75 bits per heavy atom. The number of hydrogen-bond acceptors (Lipinski definition) is 3. The standard InChI is InChI=1S/C18H20ClN3O2/c1-12-7-8-13(2)14(9-12)11-24-22-17(20)10-18(23)21-16-6-4-3-5-15(16)19/h3-9H,10-11H2,1-2H3,(H2,20,22)(H,21,23). The minimum Gasteiger partial charge on any atom is -0.389 e. The lowest BCUT2D eigenvalue weighted by Gasteiger charge is -2.08. The molecule has 0 aliphatic rings. The largest absolute Gasteiger partial charge is 0.389 e. The lowest BCUT2D eigenvalue weighted by atomic mass is 10.1. The second kappa shape index (κ2) is 8.36. The van der Waals surface area contributed by atoms with Crippen molar-refractivity contribution in [1.29, 1.82) is 0 Å². The first-order valence-corrected chi connectivity index (χ1v) is 7.88. The van der Waals surface area contributed by atoms with Crippen molar-refractivity contribution in [2.24, 2.45) is 10.9 Å². The normalized spacial score (nSPS) is 11.2. The number of halogens is 1. The van der Waals surface area contributed by atoms with E-state index in [1.807, 2.05) is 32.0 Å². The van der Waals surface area contributed by atoms with Crippen LogP contribution in [0.2, 0.25) is 5.02 Å². The Balaban J connectivity index is 1.86. The van der Waals surface area contributed by atoms with E-state index < -0.39 is 0 Å². The summed E-state index contributed by atoms with van der Waals surface area (Å²) in [6.45, 7) is 4.32. The molecule has 0 radical (unpaired) electrons. The van der Waals surface area contributed by atoms with Crippen LogP contribution in [-0.2, 0) is 16.2 Å². The van der Waals surface area contributed by atoms with Gasteiger partial charge in [-0.1, -0.05) is 52.7 Å². The van der Waals surface area contributed by atoms with E-state index in [0.29, 0.717) is 17.3 Å². The number of rotatable bonds is 6. The highest BCUT2D eigenvalue weighted by Crippen LogP contribution is 2.20. The van der Waals surface area contributed by atoms with Crippen LogP contribution in [0.5, 0.6) is 0 Å². The Kier molecular flexibility index (Phi) is 6.21. The molecular formula is C18H20ClN3O2. The molecule has 0 aliphatic carbocycles. The summed E-state index contributed by atoms with van der Waals surface area (Å²) < 4.78 is 0. The summed E-state index contributed by atoms with van der Waals surface area (Å²) in [5.74, 6) is -0.204. The molecule has 0 bridgehead atoms. The molecule has 1 amide bonds. The zero-order valence-electron chi connectivity index (χ0n) is 13.7. The van der Waals surface area contributed by atoms with Crippen LogP contribution in [-0.4, -0.2) is 11.7 Å². The Labute approximate surface area is 146 Å². The highest BCUT2D eigenvalue weighted by atomic mass is 35.5. The molecule has 5 nitrogen and oxygen atoms in total. The lowest BCUT2D eigenvalue weighted by Crippen LogP contribution is -2.22. The molecule has 0 aromatic heterocycles. The average molecular weight is 346 g/mol. The molecule has 0 unspecified atom stereocenters. The topological polar surface area (TPSA) is 76.7 Å². The summed E-state index contributed by atoms with van der Waals surface area (Å²) in [5.41, 5.74) is 9.56. The van der Waals surface area contributed by atoms with Gasteiger partial charge in [0.25, 0.3) is 0 Å². The average Bonchev–Trinajstić information content (AvgIpc) is 2.53. The summed E-state index contributed by atoms with van der Waals surface area (Å²) in [7, 11) is 0. The van der Waals surface area contributed by atoms with Crippen molar-refractivity contribution in [3.8, 4) is 0 Å². The molecule has 0 fully saturated rings. The Morgan fingerprint density at radius 1 is 1.25 bits per heavy atom. The van der Waals surface area contributed by atoms with Crippen LogP contribution in [0, 0.1) is 13.8 Å². The van der Waals surface area contributed by atoms with E-state index in [1.165, 1.54) is 0 Å². The monoisotopic (exact) mass is 345 g/mol. The van der Waals surface area contributed by atoms with Gasteiger partial charge in [-0.2, -0.15) is 0 Å². The van der Waals surface area contributed by atoms with Gasteiger partial charge in [0.05, 0.1) is 17.1 Å². The van der Waals surface area contributed by atoms with Crippen molar-refractivity contribution in [1.82, 2.24) is 0 Å². The second-order valence-corrected chi connectivity index (χ2v) is 5.90. The third-order valence-corrected chi connectivity index (χ3v) is 3.73. The maximum absolute atomic E-state index is 11.9. The highest BCUT2D eigenvalue weighted by molar-refractivity contribution is 6.33. The number of anilines is 1. The predicted molar refractivity (Wildman–Crippen MR) is 97.0 cm³/mol. The number of amides is 1. The van der Waals surface area contributed by atoms with Crippen molar-refractivity contribution in [2.45, 2.75) is 26.9 Å². The minimum atomic E-state index is -0.306. The van der Waals surface area contributed by atoms with Crippen LogP contribution in [0.25, 0.3) is 0 Å². The highest BCUT2D eigenvalue weighted by Gasteiger charge is 2.08. The number of nitrogens with zero attached hydrogens (tertiary/aromatic N) is 1. The van der Waals surface area contributed by atoms with Gasteiger partial charge >= 0.3 is 0 Å². The number of nitrogens with two attached hydrogens (primary N) is 1. The molecule has 0 heterocycles. The molecule has 2 rings (SSSR count). The van der Waals surface area contributed by atoms with Gasteiger partial charge in [-0.25, -0.2) is 0 Å². The number of nitrogens with one attached hydrogen (secondary N) is 1. The fraction of sp³-hybridized carbons (Fsp3) is 0.222. The maximum atomic E-state index is 11.9. The Bertz CT molecular complexity index is 760. The molecule has 0 atom stereocenters. The summed E-state index contributed by atoms with van der Waals surface area (Å²) in [4.78, 5) is 17.2. The quantitative estimate of drug-likeness (QED) is 0.475. The molecule has 0 saturated heterocycles. The van der Waals surface area contributed by atoms with Crippen molar-refractivity contribution < 1.29 is 9.63 Å². The SMILES string of the molecule is Cc1ccc(C)c(CON=C(N)CC(=O)Nc2ccccc2Cl)c1. The first-order chi connectivity index (χ1) is 11.5. The fourth-order valence-corrected chi connectivity index (χ4v) is 2.28. The third kappa shape index (κ3) is 5.28. The maximum Gasteiger partial charge on any atom is 0.232 e. The molecule has 0 spiro atoms. The van der Waals surface area contributed by atoms with Crippen LogP contribution >= 0.6 is 11.6 Å². The van der Waals surface area contributed by atoms with Gasteiger partial charge in [-0.3, -0.25) is 4.79 Å². The van der Waals surface area contributed by atoms with E-state index in [0.717, 1.165) is 16.7 Å². The van der Waals surface area contributed by atoms with Gasteiger partial charge < -0.3 is 15.9 Å². The molecule has 3 N–H and O–H groups in total. The number of hydrogen-bond donors (Lipinski definition) is 2. The fourth-order valence-electron chi connectivity index (χ4n) is 2.09. The molecule has 2 aromatic rings. The molecule has 126 valence electrons. The van der Waals surface area contributed by atoms with Crippen molar-refractivity contribution in [3.05, 3.63) is 64.2 Å². The van der Waals surface area contributed by atoms with Gasteiger partial charge in [0.1, 0.15) is 12.4 Å². The number of carbonyl (C=O) groups is 1. The van der Waals surface area contributed by atoms with Crippen molar-refractivity contribution >= 4 is 29.0 Å². The molecule has 24 heavy (non-hydrogen) atoms. The summed E-state index contributed by atoms with van der Waals surface area (Å²) >= 11 is 5.98. The van der Waals surface area contributed by atoms with Gasteiger partial charge in [0, 0.05) is 0 Å². The van der Waals surface area contributed by atoms with Crippen LogP contribution < -0.4 is 11.1 Å². The number of amidine groups is 1. The van der Waals surface area contributed by atoms with E-state index in [1.54, 1.807) is 24.3 Å². The first kappa shape index (κ1) is 17.8. The molecule has 0 aliphatic heterocycles. The zero-order valence-corrected chi connectivity index (χ0v) is 14.4. The Hall–Kier alpha value is -2.53. The smallest absolute Gasteiger partial charge is 0.232 e. The van der Waals surface area contributed by atoms with Crippen LogP contribution in [0.4, 0.5) is 5.69 Å². The number of aryl methyl sites for hydroxylation is 2. The van der Waals surface area contributed by atoms with Crippen LogP contribution in [0.3, 0.4) is 0 Å². The van der Waals surface area contributed by atoms with Gasteiger partial charge in [0.2, 0.25) is 5.91 Å². The van der Waals surface area contributed by atoms with Gasteiger partial charge in [-0.15, -0.1) is 0 Å².